The van der Waals surface area contributed by atoms with E-state index in [2.05, 4.69) is 11.6 Å². The molecule has 0 saturated heterocycles. The maximum Gasteiger partial charge on any atom is 0.0587 e. The molecule has 0 aromatic carbocycles. The van der Waals surface area contributed by atoms with Crippen molar-refractivity contribution in [2.45, 2.75) is 17.6 Å². The minimum Gasteiger partial charge on any atom is -0.383 e. The van der Waals surface area contributed by atoms with E-state index in [-0.39, 0.29) is 0 Å². The minimum atomic E-state index is 0.591. The van der Waals surface area contributed by atoms with Crippen LogP contribution in [0.5, 0.6) is 0 Å². The molecule has 1 fully saturated rings. The molecule has 0 aromatic heterocycles. The van der Waals surface area contributed by atoms with Crippen LogP contribution >= 0.6 is 11.8 Å². The van der Waals surface area contributed by atoms with E-state index in [1.165, 1.54) is 12.8 Å². The molecule has 1 rings (SSSR count). The molecule has 0 bridgehead atoms. The first-order chi connectivity index (χ1) is 5.33. The summed E-state index contributed by atoms with van der Waals surface area (Å²) >= 11 is 1.99. The van der Waals surface area contributed by atoms with E-state index in [1.54, 1.807) is 7.11 Å². The number of methoxy groups -OCH3 is 1. The summed E-state index contributed by atoms with van der Waals surface area (Å²) in [6, 6.07) is 0. The lowest BCUT2D eigenvalue weighted by Gasteiger charge is -2.12. The van der Waals surface area contributed by atoms with Crippen molar-refractivity contribution in [2.75, 3.05) is 33.1 Å². The fraction of sp³-hybridized carbons (Fsp3) is 1.00. The highest BCUT2D eigenvalue weighted by atomic mass is 32.2. The van der Waals surface area contributed by atoms with Crippen LogP contribution in [0.25, 0.3) is 0 Å². The Balaban J connectivity index is 1.94. The average Bonchev–Trinajstić information content (AvgIpc) is 2.80. The van der Waals surface area contributed by atoms with Gasteiger partial charge in [-0.15, -0.1) is 0 Å². The van der Waals surface area contributed by atoms with Crippen LogP contribution in [0.15, 0.2) is 0 Å². The Labute approximate surface area is 73.1 Å². The second-order valence-electron chi connectivity index (χ2n) is 3.06. The zero-order valence-electron chi connectivity index (χ0n) is 7.35. The molecular formula is C8H17NOS. The molecule has 1 aliphatic carbocycles. The van der Waals surface area contributed by atoms with Gasteiger partial charge in [0.15, 0.2) is 0 Å². The van der Waals surface area contributed by atoms with Crippen LogP contribution in [0.4, 0.5) is 0 Å². The van der Waals surface area contributed by atoms with Crippen LogP contribution < -0.4 is 5.32 Å². The van der Waals surface area contributed by atoms with Gasteiger partial charge in [0, 0.05) is 24.9 Å². The molecule has 0 spiro atoms. The van der Waals surface area contributed by atoms with Gasteiger partial charge in [0.1, 0.15) is 0 Å². The van der Waals surface area contributed by atoms with E-state index in [9.17, 15) is 0 Å². The molecule has 0 radical (unpaired) electrons. The van der Waals surface area contributed by atoms with Crippen molar-refractivity contribution in [1.82, 2.24) is 5.32 Å². The van der Waals surface area contributed by atoms with Crippen molar-refractivity contribution in [3.05, 3.63) is 0 Å². The van der Waals surface area contributed by atoms with Crippen LogP contribution in [-0.2, 0) is 4.74 Å². The third kappa shape index (κ3) is 3.01. The predicted molar refractivity (Wildman–Crippen MR) is 50.2 cm³/mol. The van der Waals surface area contributed by atoms with Crippen molar-refractivity contribution in [1.29, 1.82) is 0 Å². The molecule has 3 heteroatoms. The lowest BCUT2D eigenvalue weighted by Crippen LogP contribution is -2.28. The number of rotatable bonds is 6. The van der Waals surface area contributed by atoms with Gasteiger partial charge in [0.05, 0.1) is 6.61 Å². The van der Waals surface area contributed by atoms with Gasteiger partial charge in [0.2, 0.25) is 0 Å². The van der Waals surface area contributed by atoms with Gasteiger partial charge in [-0.05, 0) is 19.1 Å². The zero-order chi connectivity index (χ0) is 8.16. The molecule has 0 aromatic rings. The lowest BCUT2D eigenvalue weighted by atomic mass is 10.4. The number of hydrogen-bond acceptors (Lipinski definition) is 3. The quantitative estimate of drug-likeness (QED) is 0.611. The van der Waals surface area contributed by atoms with Gasteiger partial charge < -0.3 is 10.1 Å². The Morgan fingerprint density at radius 2 is 2.27 bits per heavy atom. The molecule has 1 N–H and O–H groups in total. The normalized spacial score (nSPS) is 20.2. The molecule has 2 nitrogen and oxygen atoms in total. The maximum atomic E-state index is 4.94. The Morgan fingerprint density at radius 1 is 1.55 bits per heavy atom. The van der Waals surface area contributed by atoms with Gasteiger partial charge in [-0.1, -0.05) is 0 Å². The maximum absolute atomic E-state index is 4.94. The van der Waals surface area contributed by atoms with Gasteiger partial charge in [0.25, 0.3) is 0 Å². The summed E-state index contributed by atoms with van der Waals surface area (Å²) in [5.41, 5.74) is 0. The van der Waals surface area contributed by atoms with Crippen LogP contribution in [-0.4, -0.2) is 37.8 Å². The summed E-state index contributed by atoms with van der Waals surface area (Å²) in [4.78, 5) is 0. The van der Waals surface area contributed by atoms with Crippen molar-refractivity contribution in [2.24, 2.45) is 0 Å². The topological polar surface area (TPSA) is 21.3 Å². The summed E-state index contributed by atoms with van der Waals surface area (Å²) in [5, 5.41) is 3.39. The van der Waals surface area contributed by atoms with Crippen molar-refractivity contribution in [3.8, 4) is 0 Å². The third-order valence-electron chi connectivity index (χ3n) is 2.17. The Kier molecular flexibility index (Phi) is 3.69. The number of ether oxygens (including phenoxy) is 1. The first kappa shape index (κ1) is 9.36. The molecule has 1 aliphatic rings. The van der Waals surface area contributed by atoms with Gasteiger partial charge >= 0.3 is 0 Å². The smallest absolute Gasteiger partial charge is 0.0587 e. The molecule has 0 aliphatic heterocycles. The standard InChI is InChI=1S/C8H17NOS/c1-10-6-5-9-7-8(11-2)3-4-8/h9H,3-7H2,1-2H3. The van der Waals surface area contributed by atoms with E-state index < -0.39 is 0 Å². The largest absolute Gasteiger partial charge is 0.383 e. The van der Waals surface area contributed by atoms with Crippen LogP contribution in [0, 0.1) is 0 Å². The van der Waals surface area contributed by atoms with Crippen LogP contribution in [0.3, 0.4) is 0 Å². The van der Waals surface area contributed by atoms with E-state index in [0.29, 0.717) is 4.75 Å². The van der Waals surface area contributed by atoms with E-state index in [1.807, 2.05) is 11.8 Å². The summed E-state index contributed by atoms with van der Waals surface area (Å²) < 4.78 is 5.53. The number of hydrogen-bond donors (Lipinski definition) is 1. The van der Waals surface area contributed by atoms with Gasteiger partial charge in [-0.3, -0.25) is 0 Å². The highest BCUT2D eigenvalue weighted by molar-refractivity contribution is 8.00. The lowest BCUT2D eigenvalue weighted by molar-refractivity contribution is 0.199. The highest BCUT2D eigenvalue weighted by Crippen LogP contribution is 2.46. The van der Waals surface area contributed by atoms with E-state index in [4.69, 9.17) is 4.74 Å². The number of thioether (sulfide) groups is 1. The van der Waals surface area contributed by atoms with E-state index in [0.717, 1.165) is 19.7 Å². The van der Waals surface area contributed by atoms with E-state index >= 15 is 0 Å². The molecule has 0 atom stereocenters. The highest BCUT2D eigenvalue weighted by Gasteiger charge is 2.41. The summed E-state index contributed by atoms with van der Waals surface area (Å²) in [7, 11) is 1.74. The molecule has 11 heavy (non-hydrogen) atoms. The van der Waals surface area contributed by atoms with Crippen LogP contribution in [0.1, 0.15) is 12.8 Å². The monoisotopic (exact) mass is 175 g/mol. The van der Waals surface area contributed by atoms with Crippen molar-refractivity contribution in [3.63, 3.8) is 0 Å². The fourth-order valence-corrected chi connectivity index (χ4v) is 1.84. The third-order valence-corrected chi connectivity index (χ3v) is 3.59. The molecular weight excluding hydrogens is 158 g/mol. The van der Waals surface area contributed by atoms with Gasteiger partial charge in [-0.2, -0.15) is 11.8 Å². The predicted octanol–water partition coefficient (Wildman–Crippen LogP) is 1.12. The van der Waals surface area contributed by atoms with Crippen molar-refractivity contribution < 1.29 is 4.74 Å². The Hall–Kier alpha value is 0.270. The second-order valence-corrected chi connectivity index (χ2v) is 4.33. The van der Waals surface area contributed by atoms with Gasteiger partial charge in [-0.25, -0.2) is 0 Å². The summed E-state index contributed by atoms with van der Waals surface area (Å²) in [5.74, 6) is 0. The first-order valence-electron chi connectivity index (χ1n) is 4.08. The first-order valence-corrected chi connectivity index (χ1v) is 5.30. The molecule has 66 valence electrons. The minimum absolute atomic E-state index is 0.591. The summed E-state index contributed by atoms with van der Waals surface area (Å²) in [6.07, 6.45) is 4.97. The Morgan fingerprint density at radius 3 is 2.73 bits per heavy atom. The molecule has 0 heterocycles. The molecule has 0 unspecified atom stereocenters. The Bertz CT molecular complexity index is 115. The fourth-order valence-electron chi connectivity index (χ4n) is 1.08. The number of nitrogens with one attached hydrogen (secondary N) is 1. The average molecular weight is 175 g/mol. The molecule has 1 saturated carbocycles. The second kappa shape index (κ2) is 4.33. The van der Waals surface area contributed by atoms with Crippen LogP contribution in [0.2, 0.25) is 0 Å². The zero-order valence-corrected chi connectivity index (χ0v) is 8.17. The molecule has 0 amide bonds. The SMILES string of the molecule is COCCNCC1(SC)CC1. The van der Waals surface area contributed by atoms with Crippen molar-refractivity contribution >= 4 is 11.8 Å². The summed E-state index contributed by atoms with van der Waals surface area (Å²) in [6.45, 7) is 2.96.